The number of aryl methyl sites for hydroxylation is 1. The maximum absolute atomic E-state index is 15.0. The predicted octanol–water partition coefficient (Wildman–Crippen LogP) is 5.99. The molecule has 0 spiro atoms. The maximum Gasteiger partial charge on any atom is 0.251 e. The van der Waals surface area contributed by atoms with Gasteiger partial charge >= 0.3 is 0 Å². The standard InChI is InChI=1S/C34H36Cl2FN3O6.ClH/c1-20-15-25(35)32(26(36)16-20)46-14-11-43-29-8-5-21(17-27(29)37)33(41)39-28-9-10-38-18-24(28)34(42)40(23-6-7-23)19-22-3-2-4-30-31(22)45-13-12-44-30;/h2-5,8,15-17,23-24,28,38H,6-7,9-14,18-19H2,1H3,(H,39,41);1H. The molecular formula is C34H37Cl3FN3O6. The van der Waals surface area contributed by atoms with Crippen molar-refractivity contribution in [1.29, 1.82) is 0 Å². The first kappa shape index (κ1) is 34.9. The van der Waals surface area contributed by atoms with Crippen LogP contribution in [0.2, 0.25) is 10.0 Å². The third kappa shape index (κ3) is 8.35. The van der Waals surface area contributed by atoms with Gasteiger partial charge in [0.2, 0.25) is 5.91 Å². The van der Waals surface area contributed by atoms with Gasteiger partial charge in [0.25, 0.3) is 5.91 Å². The fourth-order valence-corrected chi connectivity index (χ4v) is 6.56. The molecular weight excluding hydrogens is 672 g/mol. The number of carbonyl (C=O) groups is 2. The summed E-state index contributed by atoms with van der Waals surface area (Å²) in [5.74, 6) is 0.0393. The fourth-order valence-electron chi connectivity index (χ4n) is 5.85. The Labute approximate surface area is 289 Å². The number of hydrogen-bond donors (Lipinski definition) is 2. The van der Waals surface area contributed by atoms with Gasteiger partial charge in [0.1, 0.15) is 26.4 Å². The monoisotopic (exact) mass is 707 g/mol. The van der Waals surface area contributed by atoms with Crippen LogP contribution in [0.5, 0.6) is 23.0 Å². The SMILES string of the molecule is Cc1cc(Cl)c(OCCOc2ccc(C(=O)NC3CCNCC3C(=O)N(Cc3cccc4c3OCCO4)C3CC3)cc2F)c(Cl)c1.Cl. The molecule has 3 aromatic rings. The van der Waals surface area contributed by atoms with E-state index in [1.54, 1.807) is 12.1 Å². The van der Waals surface area contributed by atoms with Gasteiger partial charge in [0, 0.05) is 36.3 Å². The molecule has 1 saturated heterocycles. The van der Waals surface area contributed by atoms with Gasteiger partial charge in [-0.1, -0.05) is 35.3 Å². The van der Waals surface area contributed by atoms with E-state index in [2.05, 4.69) is 10.6 Å². The highest BCUT2D eigenvalue weighted by Gasteiger charge is 2.40. The number of fused-ring (bicyclic) bond motifs is 1. The lowest BCUT2D eigenvalue weighted by molar-refractivity contribution is -0.138. The third-order valence-electron chi connectivity index (χ3n) is 8.30. The van der Waals surface area contributed by atoms with E-state index in [1.165, 1.54) is 12.1 Å². The molecule has 1 saturated carbocycles. The van der Waals surface area contributed by atoms with Crippen LogP contribution >= 0.6 is 35.6 Å². The molecule has 6 rings (SSSR count). The summed E-state index contributed by atoms with van der Waals surface area (Å²) in [6.45, 7) is 4.42. The number of amides is 2. The van der Waals surface area contributed by atoms with Gasteiger partial charge in [-0.25, -0.2) is 4.39 Å². The van der Waals surface area contributed by atoms with Crippen molar-refractivity contribution in [1.82, 2.24) is 15.5 Å². The van der Waals surface area contributed by atoms with Crippen molar-refractivity contribution in [2.45, 2.75) is 44.8 Å². The van der Waals surface area contributed by atoms with E-state index in [-0.39, 0.29) is 48.9 Å². The second-order valence-electron chi connectivity index (χ2n) is 11.7. The Morgan fingerprint density at radius 1 is 1.02 bits per heavy atom. The summed E-state index contributed by atoms with van der Waals surface area (Å²) in [4.78, 5) is 29.2. The highest BCUT2D eigenvalue weighted by molar-refractivity contribution is 6.37. The van der Waals surface area contributed by atoms with Crippen LogP contribution in [0.25, 0.3) is 0 Å². The Morgan fingerprint density at radius 2 is 1.77 bits per heavy atom. The van der Waals surface area contributed by atoms with Crippen molar-refractivity contribution in [2.75, 3.05) is 39.5 Å². The van der Waals surface area contributed by atoms with E-state index < -0.39 is 23.7 Å². The minimum Gasteiger partial charge on any atom is -0.487 e. The van der Waals surface area contributed by atoms with Gasteiger partial charge in [-0.15, -0.1) is 12.4 Å². The summed E-state index contributed by atoms with van der Waals surface area (Å²) < 4.78 is 37.8. The molecule has 9 nitrogen and oxygen atoms in total. The molecule has 3 aliphatic rings. The summed E-state index contributed by atoms with van der Waals surface area (Å²) in [6, 6.07) is 13.0. The van der Waals surface area contributed by atoms with Crippen molar-refractivity contribution < 1.29 is 32.9 Å². The Balaban J connectivity index is 0.00000433. The van der Waals surface area contributed by atoms with Gasteiger partial charge in [-0.3, -0.25) is 9.59 Å². The second-order valence-corrected chi connectivity index (χ2v) is 12.5. The number of hydrogen-bond acceptors (Lipinski definition) is 7. The summed E-state index contributed by atoms with van der Waals surface area (Å²) in [5.41, 5.74) is 1.93. The topological polar surface area (TPSA) is 98.4 Å². The Bertz CT molecular complexity index is 1580. The van der Waals surface area contributed by atoms with Crippen LogP contribution in [0.4, 0.5) is 4.39 Å². The quantitative estimate of drug-likeness (QED) is 0.236. The number of carbonyl (C=O) groups excluding carboxylic acids is 2. The molecule has 2 N–H and O–H groups in total. The molecule has 2 unspecified atom stereocenters. The van der Waals surface area contributed by atoms with E-state index in [4.69, 9.17) is 42.1 Å². The fraction of sp³-hybridized carbons (Fsp3) is 0.412. The van der Waals surface area contributed by atoms with E-state index >= 15 is 0 Å². The summed E-state index contributed by atoms with van der Waals surface area (Å²) in [7, 11) is 0. The zero-order chi connectivity index (χ0) is 32.2. The number of benzene rings is 3. The molecule has 0 bridgehead atoms. The number of nitrogens with zero attached hydrogens (tertiary/aromatic N) is 1. The number of halogens is 4. The first-order valence-corrected chi connectivity index (χ1v) is 16.2. The lowest BCUT2D eigenvalue weighted by atomic mass is 9.91. The zero-order valence-electron chi connectivity index (χ0n) is 25.9. The minimum absolute atomic E-state index is 0. The van der Waals surface area contributed by atoms with Crippen molar-refractivity contribution in [3.8, 4) is 23.0 Å². The highest BCUT2D eigenvalue weighted by Crippen LogP contribution is 2.38. The second kappa shape index (κ2) is 15.6. The van der Waals surface area contributed by atoms with Gasteiger partial charge in [0.05, 0.1) is 16.0 Å². The van der Waals surface area contributed by atoms with Crippen molar-refractivity contribution in [3.05, 3.63) is 81.1 Å². The van der Waals surface area contributed by atoms with Gasteiger partial charge in [0.15, 0.2) is 28.8 Å². The van der Waals surface area contributed by atoms with Crippen molar-refractivity contribution in [2.24, 2.45) is 5.92 Å². The average Bonchev–Trinajstić information content (AvgIpc) is 3.89. The molecule has 252 valence electrons. The average molecular weight is 709 g/mol. The van der Waals surface area contributed by atoms with Crippen LogP contribution in [0.15, 0.2) is 48.5 Å². The third-order valence-corrected chi connectivity index (χ3v) is 8.86. The van der Waals surface area contributed by atoms with Crippen LogP contribution in [0, 0.1) is 18.7 Å². The normalized spacial score (nSPS) is 18.5. The van der Waals surface area contributed by atoms with Crippen LogP contribution < -0.4 is 29.6 Å². The molecule has 3 aromatic carbocycles. The highest BCUT2D eigenvalue weighted by atomic mass is 35.5. The minimum atomic E-state index is -0.686. The van der Waals surface area contributed by atoms with Gasteiger partial charge in [-0.2, -0.15) is 0 Å². The van der Waals surface area contributed by atoms with Crippen molar-refractivity contribution >= 4 is 47.4 Å². The summed E-state index contributed by atoms with van der Waals surface area (Å²) >= 11 is 12.4. The first-order chi connectivity index (χ1) is 22.3. The molecule has 13 heteroatoms. The van der Waals surface area contributed by atoms with Crippen LogP contribution in [-0.4, -0.2) is 68.3 Å². The molecule has 0 radical (unpaired) electrons. The summed E-state index contributed by atoms with van der Waals surface area (Å²) in [5, 5.41) is 7.06. The number of nitrogens with one attached hydrogen (secondary N) is 2. The van der Waals surface area contributed by atoms with Crippen LogP contribution in [-0.2, 0) is 11.3 Å². The Kier molecular flexibility index (Phi) is 11.6. The molecule has 2 fully saturated rings. The molecule has 2 amide bonds. The smallest absolute Gasteiger partial charge is 0.251 e. The number of para-hydroxylation sites is 1. The largest absolute Gasteiger partial charge is 0.487 e. The first-order valence-electron chi connectivity index (χ1n) is 15.5. The molecule has 2 aliphatic heterocycles. The molecule has 2 heterocycles. The Hall–Kier alpha value is -3.44. The van der Waals surface area contributed by atoms with Crippen LogP contribution in [0.1, 0.15) is 40.7 Å². The lowest BCUT2D eigenvalue weighted by Crippen LogP contribution is -2.55. The lowest BCUT2D eigenvalue weighted by Gasteiger charge is -2.36. The van der Waals surface area contributed by atoms with Gasteiger partial charge < -0.3 is 34.5 Å². The van der Waals surface area contributed by atoms with E-state index in [9.17, 15) is 14.0 Å². The zero-order valence-corrected chi connectivity index (χ0v) is 28.2. The molecule has 0 aromatic heterocycles. The predicted molar refractivity (Wildman–Crippen MR) is 179 cm³/mol. The van der Waals surface area contributed by atoms with Crippen molar-refractivity contribution in [3.63, 3.8) is 0 Å². The Morgan fingerprint density at radius 3 is 2.51 bits per heavy atom. The van der Waals surface area contributed by atoms with E-state index in [1.807, 2.05) is 30.0 Å². The van der Waals surface area contributed by atoms with E-state index in [0.717, 1.165) is 30.0 Å². The number of piperidine rings is 1. The molecule has 1 aliphatic carbocycles. The van der Waals surface area contributed by atoms with Gasteiger partial charge in [-0.05, 0) is 74.7 Å². The maximum atomic E-state index is 15.0. The molecule has 2 atom stereocenters. The summed E-state index contributed by atoms with van der Waals surface area (Å²) in [6.07, 6.45) is 2.43. The van der Waals surface area contributed by atoms with Crippen LogP contribution in [0.3, 0.4) is 0 Å². The number of rotatable bonds is 11. The number of ether oxygens (including phenoxy) is 4. The molecule has 47 heavy (non-hydrogen) atoms. The van der Waals surface area contributed by atoms with E-state index in [0.29, 0.717) is 66.6 Å².